The van der Waals surface area contributed by atoms with Gasteiger partial charge in [-0.25, -0.2) is 8.42 Å². The number of hydrogen-bond donors (Lipinski definition) is 0. The van der Waals surface area contributed by atoms with Crippen LogP contribution in [0.25, 0.3) is 6.08 Å². The van der Waals surface area contributed by atoms with Crippen LogP contribution in [0.2, 0.25) is 0 Å². The summed E-state index contributed by atoms with van der Waals surface area (Å²) in [6, 6.07) is 15.5. The highest BCUT2D eigenvalue weighted by Gasteiger charge is 2.33. The van der Waals surface area contributed by atoms with Crippen LogP contribution in [-0.2, 0) is 21.4 Å². The summed E-state index contributed by atoms with van der Waals surface area (Å²) in [4.78, 5) is 15.1. The van der Waals surface area contributed by atoms with Crippen LogP contribution < -0.4 is 4.74 Å². The zero-order valence-electron chi connectivity index (χ0n) is 23.1. The third-order valence-electron chi connectivity index (χ3n) is 7.69. The van der Waals surface area contributed by atoms with Crippen molar-refractivity contribution in [3.63, 3.8) is 0 Å². The van der Waals surface area contributed by atoms with Gasteiger partial charge < -0.3 is 9.64 Å². The molecule has 0 atom stereocenters. The third kappa shape index (κ3) is 6.29. The maximum atomic E-state index is 13.6. The molecule has 1 aliphatic rings. The predicted octanol–water partition coefficient (Wildman–Crippen LogP) is 6.12. The van der Waals surface area contributed by atoms with Crippen molar-refractivity contribution in [3.05, 3.63) is 98.0 Å². The van der Waals surface area contributed by atoms with Crippen molar-refractivity contribution >= 4 is 37.9 Å². The molecule has 39 heavy (non-hydrogen) atoms. The second kappa shape index (κ2) is 12.1. The summed E-state index contributed by atoms with van der Waals surface area (Å²) in [7, 11) is -3.67. The second-order valence-corrected chi connectivity index (χ2v) is 12.8. The molecule has 0 unspecified atom stereocenters. The zero-order chi connectivity index (χ0) is 28.3. The zero-order valence-corrected chi connectivity index (χ0v) is 25.5. The maximum Gasteiger partial charge on any atom is 0.246 e. The average Bonchev–Trinajstić information content (AvgIpc) is 2.93. The van der Waals surface area contributed by atoms with Crippen molar-refractivity contribution < 1.29 is 17.9 Å². The summed E-state index contributed by atoms with van der Waals surface area (Å²) in [5, 5.41) is 0. The van der Waals surface area contributed by atoms with E-state index in [9.17, 15) is 13.2 Å². The molecule has 0 bridgehead atoms. The summed E-state index contributed by atoms with van der Waals surface area (Å²) in [6.45, 7) is 11.4. The monoisotopic (exact) mass is 610 g/mol. The molecule has 1 heterocycles. The van der Waals surface area contributed by atoms with Gasteiger partial charge in [0.1, 0.15) is 12.4 Å². The van der Waals surface area contributed by atoms with Crippen molar-refractivity contribution in [1.82, 2.24) is 9.21 Å². The standard InChI is InChI=1S/C31H35BrN2O4S/c1-21-22(2)24(4)31(25(5)23(21)3)39(36,37)34-17-15-33(16-18-34)30(35)14-13-27-10-6-7-12-29(27)38-20-26-9-8-11-28(32)19-26/h6-14,19H,15-18,20H2,1-5H3/b14-13+. The first-order valence-corrected chi connectivity index (χ1v) is 15.2. The number of nitrogens with zero attached hydrogens (tertiary/aromatic N) is 2. The smallest absolute Gasteiger partial charge is 0.246 e. The van der Waals surface area contributed by atoms with Crippen LogP contribution in [0.15, 0.2) is 64.0 Å². The quantitative estimate of drug-likeness (QED) is 0.302. The molecule has 1 amide bonds. The number of carbonyl (C=O) groups excluding carboxylic acids is 1. The molecule has 8 heteroatoms. The molecular weight excluding hydrogens is 576 g/mol. The van der Waals surface area contributed by atoms with Gasteiger partial charge in [0.25, 0.3) is 0 Å². The number of benzene rings is 3. The van der Waals surface area contributed by atoms with E-state index >= 15 is 0 Å². The molecule has 0 N–H and O–H groups in total. The van der Waals surface area contributed by atoms with Gasteiger partial charge in [0, 0.05) is 42.3 Å². The van der Waals surface area contributed by atoms with E-state index in [2.05, 4.69) is 15.9 Å². The van der Waals surface area contributed by atoms with E-state index in [1.165, 1.54) is 10.4 Å². The molecule has 4 rings (SSSR count). The fourth-order valence-electron chi connectivity index (χ4n) is 4.93. The Kier molecular flexibility index (Phi) is 8.99. The second-order valence-electron chi connectivity index (χ2n) is 9.97. The van der Waals surface area contributed by atoms with Crippen LogP contribution in [0.1, 0.15) is 38.9 Å². The van der Waals surface area contributed by atoms with E-state index in [0.29, 0.717) is 30.3 Å². The molecular formula is C31H35BrN2O4S. The van der Waals surface area contributed by atoms with Gasteiger partial charge in [-0.1, -0.05) is 46.3 Å². The molecule has 0 saturated carbocycles. The Morgan fingerprint density at radius 1 is 0.872 bits per heavy atom. The molecule has 6 nitrogen and oxygen atoms in total. The SMILES string of the molecule is Cc1c(C)c(C)c(S(=O)(=O)N2CCN(C(=O)/C=C/c3ccccc3OCc3cccc(Br)c3)CC2)c(C)c1C. The number of sulfonamides is 1. The molecule has 0 spiro atoms. The van der Waals surface area contributed by atoms with Crippen molar-refractivity contribution in [2.24, 2.45) is 0 Å². The van der Waals surface area contributed by atoms with E-state index in [1.807, 2.05) is 83.1 Å². The van der Waals surface area contributed by atoms with Gasteiger partial charge in [0.05, 0.1) is 4.90 Å². The highest BCUT2D eigenvalue weighted by molar-refractivity contribution is 9.10. The van der Waals surface area contributed by atoms with E-state index < -0.39 is 10.0 Å². The molecule has 0 radical (unpaired) electrons. The number of ether oxygens (including phenoxy) is 1. The lowest BCUT2D eigenvalue weighted by Gasteiger charge is -2.34. The first-order valence-electron chi connectivity index (χ1n) is 13.0. The lowest BCUT2D eigenvalue weighted by Crippen LogP contribution is -2.50. The normalized spacial score (nSPS) is 14.7. The van der Waals surface area contributed by atoms with Crippen molar-refractivity contribution in [3.8, 4) is 5.75 Å². The van der Waals surface area contributed by atoms with Crippen LogP contribution in [-0.4, -0.2) is 49.7 Å². The van der Waals surface area contributed by atoms with Gasteiger partial charge in [0.15, 0.2) is 0 Å². The van der Waals surface area contributed by atoms with E-state index in [-0.39, 0.29) is 19.0 Å². The largest absolute Gasteiger partial charge is 0.488 e. The van der Waals surface area contributed by atoms with Gasteiger partial charge in [-0.15, -0.1) is 0 Å². The Labute approximate surface area is 240 Å². The van der Waals surface area contributed by atoms with Gasteiger partial charge in [-0.05, 0) is 92.3 Å². The Morgan fingerprint density at radius 2 is 1.49 bits per heavy atom. The van der Waals surface area contributed by atoms with Gasteiger partial charge in [-0.2, -0.15) is 4.31 Å². The van der Waals surface area contributed by atoms with Crippen LogP contribution in [0, 0.1) is 34.6 Å². The van der Waals surface area contributed by atoms with Crippen LogP contribution in [0.4, 0.5) is 0 Å². The predicted molar refractivity (Wildman–Crippen MR) is 159 cm³/mol. The van der Waals surface area contributed by atoms with Crippen LogP contribution in [0.5, 0.6) is 5.75 Å². The molecule has 1 fully saturated rings. The van der Waals surface area contributed by atoms with Crippen LogP contribution in [0.3, 0.4) is 0 Å². The Hall–Kier alpha value is -2.94. The summed E-state index contributed by atoms with van der Waals surface area (Å²) in [6.07, 6.45) is 3.29. The van der Waals surface area contributed by atoms with E-state index in [4.69, 9.17) is 4.74 Å². The number of para-hydroxylation sites is 1. The molecule has 206 valence electrons. The lowest BCUT2D eigenvalue weighted by molar-refractivity contribution is -0.127. The number of carbonyl (C=O) groups is 1. The van der Waals surface area contributed by atoms with E-state index in [0.717, 1.165) is 43.4 Å². The maximum absolute atomic E-state index is 13.6. The topological polar surface area (TPSA) is 66.9 Å². The minimum Gasteiger partial charge on any atom is -0.488 e. The first-order chi connectivity index (χ1) is 18.5. The minimum absolute atomic E-state index is 0.150. The Balaban J connectivity index is 1.42. The molecule has 3 aromatic carbocycles. The Morgan fingerprint density at radius 3 is 2.13 bits per heavy atom. The fraction of sp³-hybridized carbons (Fsp3) is 0.323. The molecule has 1 aliphatic heterocycles. The van der Waals surface area contributed by atoms with Gasteiger partial charge >= 0.3 is 0 Å². The molecule has 3 aromatic rings. The fourth-order valence-corrected chi connectivity index (χ4v) is 7.36. The highest BCUT2D eigenvalue weighted by atomic mass is 79.9. The number of halogens is 1. The number of hydrogen-bond acceptors (Lipinski definition) is 4. The molecule has 0 aliphatic carbocycles. The summed E-state index contributed by atoms with van der Waals surface area (Å²) >= 11 is 3.48. The molecule has 0 aromatic heterocycles. The summed E-state index contributed by atoms with van der Waals surface area (Å²) in [5.41, 5.74) is 6.60. The van der Waals surface area contributed by atoms with Crippen LogP contribution >= 0.6 is 15.9 Å². The minimum atomic E-state index is -3.67. The van der Waals surface area contributed by atoms with Gasteiger partial charge in [-0.3, -0.25) is 4.79 Å². The summed E-state index contributed by atoms with van der Waals surface area (Å²) < 4.78 is 35.8. The number of rotatable bonds is 7. The average molecular weight is 612 g/mol. The van der Waals surface area contributed by atoms with Crippen molar-refractivity contribution in [1.29, 1.82) is 0 Å². The van der Waals surface area contributed by atoms with E-state index in [1.54, 1.807) is 11.0 Å². The number of amides is 1. The van der Waals surface area contributed by atoms with Gasteiger partial charge in [0.2, 0.25) is 15.9 Å². The summed E-state index contributed by atoms with van der Waals surface area (Å²) in [5.74, 6) is 0.537. The Bertz CT molecular complexity index is 1490. The van der Waals surface area contributed by atoms with Crippen molar-refractivity contribution in [2.45, 2.75) is 46.1 Å². The first kappa shape index (κ1) is 29.1. The van der Waals surface area contributed by atoms with Crippen molar-refractivity contribution in [2.75, 3.05) is 26.2 Å². The lowest BCUT2D eigenvalue weighted by atomic mass is 9.95. The highest BCUT2D eigenvalue weighted by Crippen LogP contribution is 2.32. The third-order valence-corrected chi connectivity index (χ3v) is 10.4. The molecule has 1 saturated heterocycles. The number of piperazine rings is 1.